The second-order valence-corrected chi connectivity index (χ2v) is 6.38. The Balaban J connectivity index is 1.37. The van der Waals surface area contributed by atoms with E-state index in [0.717, 1.165) is 24.8 Å². The highest BCUT2D eigenvalue weighted by atomic mass is 16.2. The van der Waals surface area contributed by atoms with Gasteiger partial charge in [-0.05, 0) is 30.0 Å². The maximum atomic E-state index is 12.1. The predicted octanol–water partition coefficient (Wildman–Crippen LogP) is 3.52. The standard InChI is InChI=1S/C20H21N3O/c24-20(21-13-14-6-2-1-3-7-14)22-15-10-11-17-16-8-4-5-9-18(16)23-19(17)12-15/h1-9,15,23H,10-13H2,(H2,21,22,24). The van der Waals surface area contributed by atoms with E-state index in [1.54, 1.807) is 0 Å². The maximum absolute atomic E-state index is 12.1. The van der Waals surface area contributed by atoms with Gasteiger partial charge in [0.2, 0.25) is 0 Å². The van der Waals surface area contributed by atoms with Crippen molar-refractivity contribution in [3.63, 3.8) is 0 Å². The lowest BCUT2D eigenvalue weighted by atomic mass is 9.92. The quantitative estimate of drug-likeness (QED) is 0.680. The Bertz CT molecular complexity index is 854. The Morgan fingerprint density at radius 2 is 1.88 bits per heavy atom. The molecule has 2 aromatic carbocycles. The zero-order valence-electron chi connectivity index (χ0n) is 13.5. The third kappa shape index (κ3) is 3.00. The number of aromatic nitrogens is 1. The van der Waals surface area contributed by atoms with E-state index >= 15 is 0 Å². The van der Waals surface area contributed by atoms with Gasteiger partial charge in [0.1, 0.15) is 0 Å². The number of carbonyl (C=O) groups excluding carboxylic acids is 1. The highest BCUT2D eigenvalue weighted by Crippen LogP contribution is 2.28. The molecule has 2 amide bonds. The number of para-hydroxylation sites is 1. The number of hydrogen-bond donors (Lipinski definition) is 3. The summed E-state index contributed by atoms with van der Waals surface area (Å²) < 4.78 is 0. The Kier molecular flexibility index (Phi) is 3.95. The molecule has 1 unspecified atom stereocenters. The van der Waals surface area contributed by atoms with E-state index < -0.39 is 0 Å². The van der Waals surface area contributed by atoms with Crippen molar-refractivity contribution in [3.05, 3.63) is 71.4 Å². The van der Waals surface area contributed by atoms with Crippen LogP contribution in [-0.2, 0) is 19.4 Å². The van der Waals surface area contributed by atoms with Crippen molar-refractivity contribution in [2.45, 2.75) is 31.8 Å². The molecule has 3 N–H and O–H groups in total. The van der Waals surface area contributed by atoms with Crippen LogP contribution in [0.1, 0.15) is 23.2 Å². The van der Waals surface area contributed by atoms with Gasteiger partial charge >= 0.3 is 6.03 Å². The van der Waals surface area contributed by atoms with Crippen molar-refractivity contribution in [1.82, 2.24) is 15.6 Å². The summed E-state index contributed by atoms with van der Waals surface area (Å²) in [5.74, 6) is 0. The van der Waals surface area contributed by atoms with Gasteiger partial charge in [-0.1, -0.05) is 48.5 Å². The van der Waals surface area contributed by atoms with E-state index in [4.69, 9.17) is 0 Å². The predicted molar refractivity (Wildman–Crippen MR) is 95.9 cm³/mol. The van der Waals surface area contributed by atoms with E-state index in [9.17, 15) is 4.79 Å². The summed E-state index contributed by atoms with van der Waals surface area (Å²) in [5.41, 5.74) is 4.97. The van der Waals surface area contributed by atoms with Gasteiger partial charge in [0.15, 0.2) is 0 Å². The highest BCUT2D eigenvalue weighted by Gasteiger charge is 2.23. The van der Waals surface area contributed by atoms with Crippen LogP contribution in [0.2, 0.25) is 0 Å². The summed E-state index contributed by atoms with van der Waals surface area (Å²) in [7, 11) is 0. The number of aryl methyl sites for hydroxylation is 1. The van der Waals surface area contributed by atoms with Gasteiger partial charge in [0.05, 0.1) is 0 Å². The molecule has 1 atom stereocenters. The number of H-pyrrole nitrogens is 1. The van der Waals surface area contributed by atoms with Gasteiger partial charge in [-0.15, -0.1) is 0 Å². The van der Waals surface area contributed by atoms with Crippen molar-refractivity contribution in [1.29, 1.82) is 0 Å². The van der Waals surface area contributed by atoms with Crippen LogP contribution in [0.15, 0.2) is 54.6 Å². The normalized spacial score (nSPS) is 16.6. The number of nitrogens with one attached hydrogen (secondary N) is 3. The van der Waals surface area contributed by atoms with E-state index in [-0.39, 0.29) is 12.1 Å². The van der Waals surface area contributed by atoms with Crippen molar-refractivity contribution in [2.24, 2.45) is 0 Å². The fourth-order valence-electron chi connectivity index (χ4n) is 3.52. The number of benzene rings is 2. The first-order valence-corrected chi connectivity index (χ1v) is 8.46. The number of rotatable bonds is 3. The monoisotopic (exact) mass is 319 g/mol. The van der Waals surface area contributed by atoms with Crippen molar-refractivity contribution in [2.75, 3.05) is 0 Å². The number of urea groups is 1. The molecule has 0 saturated carbocycles. The van der Waals surface area contributed by atoms with Crippen molar-refractivity contribution < 1.29 is 4.79 Å². The average Bonchev–Trinajstić information content (AvgIpc) is 2.98. The van der Waals surface area contributed by atoms with E-state index in [2.05, 4.69) is 39.9 Å². The number of carbonyl (C=O) groups is 1. The lowest BCUT2D eigenvalue weighted by Gasteiger charge is -2.23. The zero-order valence-corrected chi connectivity index (χ0v) is 13.5. The Hall–Kier alpha value is -2.75. The molecule has 0 aliphatic heterocycles. The van der Waals surface area contributed by atoms with Gasteiger partial charge in [-0.3, -0.25) is 0 Å². The van der Waals surface area contributed by atoms with E-state index in [1.165, 1.54) is 22.2 Å². The van der Waals surface area contributed by atoms with Crippen LogP contribution < -0.4 is 10.6 Å². The Labute approximate surface area is 141 Å². The molecule has 4 heteroatoms. The molecular formula is C20H21N3O. The summed E-state index contributed by atoms with van der Waals surface area (Å²) in [5, 5.41) is 7.36. The van der Waals surface area contributed by atoms with Crippen molar-refractivity contribution in [3.8, 4) is 0 Å². The Morgan fingerprint density at radius 3 is 2.75 bits per heavy atom. The Morgan fingerprint density at radius 1 is 1.08 bits per heavy atom. The zero-order chi connectivity index (χ0) is 16.4. The number of hydrogen-bond acceptors (Lipinski definition) is 1. The van der Waals surface area contributed by atoms with Crippen LogP contribution in [0.5, 0.6) is 0 Å². The van der Waals surface area contributed by atoms with Gasteiger partial charge in [0.25, 0.3) is 0 Å². The number of amides is 2. The van der Waals surface area contributed by atoms with Gasteiger partial charge < -0.3 is 15.6 Å². The fourth-order valence-corrected chi connectivity index (χ4v) is 3.52. The van der Waals surface area contributed by atoms with Gasteiger partial charge in [0, 0.05) is 35.6 Å². The molecule has 3 aromatic rings. The molecule has 1 aliphatic carbocycles. The van der Waals surface area contributed by atoms with E-state index in [0.29, 0.717) is 6.54 Å². The molecule has 0 fully saturated rings. The molecule has 0 bridgehead atoms. The molecule has 0 spiro atoms. The number of aromatic amines is 1. The maximum Gasteiger partial charge on any atom is 0.315 e. The van der Waals surface area contributed by atoms with Crippen LogP contribution in [0, 0.1) is 0 Å². The number of fused-ring (bicyclic) bond motifs is 3. The molecule has 4 rings (SSSR count). The minimum absolute atomic E-state index is 0.0941. The lowest BCUT2D eigenvalue weighted by molar-refractivity contribution is 0.235. The summed E-state index contributed by atoms with van der Waals surface area (Å²) in [6.07, 6.45) is 2.85. The molecular weight excluding hydrogens is 298 g/mol. The topological polar surface area (TPSA) is 56.9 Å². The minimum Gasteiger partial charge on any atom is -0.358 e. The van der Waals surface area contributed by atoms with E-state index in [1.807, 2.05) is 30.3 Å². The summed E-state index contributed by atoms with van der Waals surface area (Å²) in [6, 6.07) is 18.5. The summed E-state index contributed by atoms with van der Waals surface area (Å²) in [4.78, 5) is 15.6. The largest absolute Gasteiger partial charge is 0.358 e. The van der Waals surface area contributed by atoms with Crippen LogP contribution in [-0.4, -0.2) is 17.1 Å². The average molecular weight is 319 g/mol. The molecule has 1 aromatic heterocycles. The molecule has 0 saturated heterocycles. The molecule has 122 valence electrons. The third-order valence-corrected chi connectivity index (χ3v) is 4.73. The molecule has 4 nitrogen and oxygen atoms in total. The first kappa shape index (κ1) is 14.8. The van der Waals surface area contributed by atoms with Gasteiger partial charge in [-0.25, -0.2) is 4.79 Å². The summed E-state index contributed by atoms with van der Waals surface area (Å²) >= 11 is 0. The SMILES string of the molecule is O=C(NCc1ccccc1)NC1CCc2c([nH]c3ccccc23)C1. The molecule has 1 aliphatic rings. The first-order valence-electron chi connectivity index (χ1n) is 8.46. The molecule has 1 heterocycles. The van der Waals surface area contributed by atoms with Gasteiger partial charge in [-0.2, -0.15) is 0 Å². The summed E-state index contributed by atoms with van der Waals surface area (Å²) in [6.45, 7) is 0.553. The highest BCUT2D eigenvalue weighted by molar-refractivity contribution is 5.85. The fraction of sp³-hybridized carbons (Fsp3) is 0.250. The molecule has 24 heavy (non-hydrogen) atoms. The first-order chi connectivity index (χ1) is 11.8. The molecule has 0 radical (unpaired) electrons. The van der Waals surface area contributed by atoms with Crippen LogP contribution in [0.25, 0.3) is 10.9 Å². The van der Waals surface area contributed by atoms with Crippen LogP contribution in [0.4, 0.5) is 4.79 Å². The van der Waals surface area contributed by atoms with Crippen molar-refractivity contribution >= 4 is 16.9 Å². The second kappa shape index (κ2) is 6.40. The van der Waals surface area contributed by atoms with Crippen LogP contribution in [0.3, 0.4) is 0 Å². The third-order valence-electron chi connectivity index (χ3n) is 4.73. The lowest BCUT2D eigenvalue weighted by Crippen LogP contribution is -2.44. The van der Waals surface area contributed by atoms with Crippen LogP contribution >= 0.6 is 0 Å². The minimum atomic E-state index is -0.0941. The second-order valence-electron chi connectivity index (χ2n) is 6.38. The smallest absolute Gasteiger partial charge is 0.315 e.